The van der Waals surface area contributed by atoms with Gasteiger partial charge >= 0.3 is 0 Å². The summed E-state index contributed by atoms with van der Waals surface area (Å²) in [6.07, 6.45) is 2.52. The number of likely N-dealkylation sites (tertiary alicyclic amines) is 1. The van der Waals surface area contributed by atoms with Crippen LogP contribution in [0.3, 0.4) is 0 Å². The van der Waals surface area contributed by atoms with Crippen molar-refractivity contribution < 1.29 is 4.79 Å². The molecule has 2 aromatic rings. The third-order valence-corrected chi connectivity index (χ3v) is 4.82. The van der Waals surface area contributed by atoms with Crippen molar-refractivity contribution in [3.8, 4) is 0 Å². The zero-order valence-corrected chi connectivity index (χ0v) is 14.5. The topological polar surface area (TPSA) is 20.3 Å². The Morgan fingerprint density at radius 3 is 2.73 bits per heavy atom. The van der Waals surface area contributed by atoms with Gasteiger partial charge in [-0.25, -0.2) is 0 Å². The molecule has 0 spiro atoms. The number of rotatable bonds is 3. The number of benzene rings is 2. The first kappa shape index (κ1) is 15.6. The standard InChI is InChI=1S/C18H17BrClNO/c19-15-4-1-3-14(12-15)17-5-2-10-21(17)18(22)11-13-6-8-16(20)9-7-13/h1,3-4,6-9,12,17H,2,5,10-11H2. The first-order chi connectivity index (χ1) is 10.6. The molecule has 1 heterocycles. The van der Waals surface area contributed by atoms with Crippen LogP contribution < -0.4 is 0 Å². The van der Waals surface area contributed by atoms with Crippen molar-refractivity contribution in [3.63, 3.8) is 0 Å². The highest BCUT2D eigenvalue weighted by Gasteiger charge is 2.29. The van der Waals surface area contributed by atoms with Crippen LogP contribution in [0.15, 0.2) is 53.0 Å². The molecule has 1 atom stereocenters. The summed E-state index contributed by atoms with van der Waals surface area (Å²) in [6, 6.07) is 16.0. The van der Waals surface area contributed by atoms with Crippen molar-refractivity contribution in [2.24, 2.45) is 0 Å². The second kappa shape index (κ2) is 6.84. The Hall–Kier alpha value is -1.32. The average molecular weight is 379 g/mol. The van der Waals surface area contributed by atoms with Gasteiger partial charge in [0.1, 0.15) is 0 Å². The highest BCUT2D eigenvalue weighted by atomic mass is 79.9. The molecule has 0 saturated carbocycles. The molecule has 3 rings (SSSR count). The molecule has 0 N–H and O–H groups in total. The number of carbonyl (C=O) groups excluding carboxylic acids is 1. The van der Waals surface area contributed by atoms with Crippen LogP contribution >= 0.6 is 27.5 Å². The SMILES string of the molecule is O=C(Cc1ccc(Cl)cc1)N1CCCC1c1cccc(Br)c1. The van der Waals surface area contributed by atoms with E-state index in [4.69, 9.17) is 11.6 Å². The number of carbonyl (C=O) groups is 1. The van der Waals surface area contributed by atoms with Crippen LogP contribution in [0.4, 0.5) is 0 Å². The zero-order valence-electron chi connectivity index (χ0n) is 12.1. The Bertz CT molecular complexity index is 671. The number of hydrogen-bond donors (Lipinski definition) is 0. The lowest BCUT2D eigenvalue weighted by Gasteiger charge is -2.25. The molecule has 1 aliphatic rings. The van der Waals surface area contributed by atoms with E-state index >= 15 is 0 Å². The largest absolute Gasteiger partial charge is 0.335 e. The molecule has 4 heteroatoms. The predicted molar refractivity (Wildman–Crippen MR) is 93.0 cm³/mol. The molecule has 2 aromatic carbocycles. The molecule has 0 aromatic heterocycles. The number of halogens is 2. The second-order valence-electron chi connectivity index (χ2n) is 5.60. The van der Waals surface area contributed by atoms with E-state index in [1.807, 2.05) is 41.3 Å². The normalized spacial score (nSPS) is 17.7. The fourth-order valence-corrected chi connectivity index (χ4v) is 3.55. The summed E-state index contributed by atoms with van der Waals surface area (Å²) < 4.78 is 1.06. The maximum atomic E-state index is 12.6. The maximum absolute atomic E-state index is 12.6. The number of amides is 1. The van der Waals surface area contributed by atoms with Gasteiger partial charge in [-0.2, -0.15) is 0 Å². The van der Waals surface area contributed by atoms with Gasteiger partial charge in [-0.05, 0) is 48.2 Å². The highest BCUT2D eigenvalue weighted by molar-refractivity contribution is 9.10. The molecule has 0 aliphatic carbocycles. The van der Waals surface area contributed by atoms with E-state index in [2.05, 4.69) is 28.1 Å². The summed E-state index contributed by atoms with van der Waals surface area (Å²) in [6.45, 7) is 0.837. The molecular weight excluding hydrogens is 362 g/mol. The lowest BCUT2D eigenvalue weighted by molar-refractivity contribution is -0.131. The second-order valence-corrected chi connectivity index (χ2v) is 6.96. The van der Waals surface area contributed by atoms with Crippen molar-refractivity contribution in [2.75, 3.05) is 6.54 Å². The molecule has 1 fully saturated rings. The molecule has 1 amide bonds. The molecule has 2 nitrogen and oxygen atoms in total. The van der Waals surface area contributed by atoms with Crippen molar-refractivity contribution in [3.05, 3.63) is 69.2 Å². The summed E-state index contributed by atoms with van der Waals surface area (Å²) in [5, 5.41) is 0.699. The summed E-state index contributed by atoms with van der Waals surface area (Å²) in [5.74, 6) is 0.185. The molecule has 22 heavy (non-hydrogen) atoms. The Morgan fingerprint density at radius 2 is 2.00 bits per heavy atom. The van der Waals surface area contributed by atoms with E-state index < -0.39 is 0 Å². The number of hydrogen-bond acceptors (Lipinski definition) is 1. The van der Waals surface area contributed by atoms with Crippen molar-refractivity contribution in [1.82, 2.24) is 4.90 Å². The molecule has 0 radical (unpaired) electrons. The minimum Gasteiger partial charge on any atom is -0.335 e. The van der Waals surface area contributed by atoms with Gasteiger partial charge in [0, 0.05) is 16.0 Å². The van der Waals surface area contributed by atoms with Crippen LogP contribution in [0.1, 0.15) is 30.0 Å². The van der Waals surface area contributed by atoms with E-state index in [0.717, 1.165) is 29.4 Å². The Labute approximate surface area is 144 Å². The van der Waals surface area contributed by atoms with Gasteiger partial charge < -0.3 is 4.90 Å². The van der Waals surface area contributed by atoms with E-state index in [1.54, 1.807) is 0 Å². The van der Waals surface area contributed by atoms with Crippen LogP contribution in [0.5, 0.6) is 0 Å². The maximum Gasteiger partial charge on any atom is 0.227 e. The Balaban J connectivity index is 1.75. The fraction of sp³-hybridized carbons (Fsp3) is 0.278. The van der Waals surface area contributed by atoms with Crippen LogP contribution in [-0.4, -0.2) is 17.4 Å². The van der Waals surface area contributed by atoms with E-state index in [9.17, 15) is 4.79 Å². The summed E-state index contributed by atoms with van der Waals surface area (Å²) in [5.41, 5.74) is 2.21. The monoisotopic (exact) mass is 377 g/mol. The van der Waals surface area contributed by atoms with Crippen LogP contribution in [0, 0.1) is 0 Å². The highest BCUT2D eigenvalue weighted by Crippen LogP contribution is 2.33. The molecule has 114 valence electrons. The minimum atomic E-state index is 0.185. The Morgan fingerprint density at radius 1 is 1.23 bits per heavy atom. The van der Waals surface area contributed by atoms with Gasteiger partial charge in [-0.3, -0.25) is 4.79 Å². The fourth-order valence-electron chi connectivity index (χ4n) is 3.00. The molecule has 0 bridgehead atoms. The Kier molecular flexibility index (Phi) is 4.84. The molecular formula is C18H17BrClNO. The quantitative estimate of drug-likeness (QED) is 0.735. The van der Waals surface area contributed by atoms with Gasteiger partial charge in [-0.1, -0.05) is 51.8 Å². The smallest absolute Gasteiger partial charge is 0.227 e. The first-order valence-corrected chi connectivity index (χ1v) is 8.60. The van der Waals surface area contributed by atoms with Crippen LogP contribution in [0.25, 0.3) is 0 Å². The molecule has 1 aliphatic heterocycles. The van der Waals surface area contributed by atoms with Gasteiger partial charge in [0.15, 0.2) is 0 Å². The van der Waals surface area contributed by atoms with Crippen molar-refractivity contribution >= 4 is 33.4 Å². The minimum absolute atomic E-state index is 0.185. The van der Waals surface area contributed by atoms with Crippen molar-refractivity contribution in [2.45, 2.75) is 25.3 Å². The lowest BCUT2D eigenvalue weighted by atomic mass is 10.0. The van der Waals surface area contributed by atoms with Crippen molar-refractivity contribution in [1.29, 1.82) is 0 Å². The van der Waals surface area contributed by atoms with E-state index in [0.29, 0.717) is 11.4 Å². The zero-order chi connectivity index (χ0) is 15.5. The summed E-state index contributed by atoms with van der Waals surface area (Å²) in [7, 11) is 0. The van der Waals surface area contributed by atoms with Crippen LogP contribution in [-0.2, 0) is 11.2 Å². The third kappa shape index (κ3) is 3.53. The summed E-state index contributed by atoms with van der Waals surface area (Å²) >= 11 is 9.40. The average Bonchev–Trinajstić information content (AvgIpc) is 2.99. The molecule has 1 unspecified atom stereocenters. The van der Waals surface area contributed by atoms with Crippen LogP contribution in [0.2, 0.25) is 5.02 Å². The predicted octanol–water partition coefficient (Wildman–Crippen LogP) is 5.01. The van der Waals surface area contributed by atoms with Gasteiger partial charge in [0.05, 0.1) is 12.5 Å². The van der Waals surface area contributed by atoms with Gasteiger partial charge in [0.25, 0.3) is 0 Å². The van der Waals surface area contributed by atoms with E-state index in [-0.39, 0.29) is 11.9 Å². The lowest BCUT2D eigenvalue weighted by Crippen LogP contribution is -2.31. The number of nitrogens with zero attached hydrogens (tertiary/aromatic N) is 1. The molecule has 1 saturated heterocycles. The van der Waals surface area contributed by atoms with Gasteiger partial charge in [0.2, 0.25) is 5.91 Å². The summed E-state index contributed by atoms with van der Waals surface area (Å²) in [4.78, 5) is 14.7. The van der Waals surface area contributed by atoms with E-state index in [1.165, 1.54) is 5.56 Å². The third-order valence-electron chi connectivity index (χ3n) is 4.08. The first-order valence-electron chi connectivity index (χ1n) is 7.43. The van der Waals surface area contributed by atoms with Gasteiger partial charge in [-0.15, -0.1) is 0 Å².